The first kappa shape index (κ1) is 10.6. The van der Waals surface area contributed by atoms with Crippen LogP contribution in [0.2, 0.25) is 0 Å². The average Bonchev–Trinajstić information content (AvgIpc) is 2.68. The lowest BCUT2D eigenvalue weighted by molar-refractivity contribution is 0.752. The van der Waals surface area contributed by atoms with Gasteiger partial charge in [0, 0.05) is 11.8 Å². The molecule has 0 fully saturated rings. The number of fused-ring (bicyclic) bond motifs is 1. The summed E-state index contributed by atoms with van der Waals surface area (Å²) in [5, 5.41) is 10.6. The summed E-state index contributed by atoms with van der Waals surface area (Å²) in [4.78, 5) is 4.50. The van der Waals surface area contributed by atoms with Crippen LogP contribution in [-0.2, 0) is 6.42 Å². The quantitative estimate of drug-likeness (QED) is 0.809. The maximum atomic E-state index is 8.86. The van der Waals surface area contributed by atoms with Crippen molar-refractivity contribution in [1.29, 1.82) is 5.26 Å². The molecule has 0 bridgehead atoms. The van der Waals surface area contributed by atoms with Crippen molar-refractivity contribution in [2.75, 3.05) is 5.33 Å². The summed E-state index contributed by atoms with van der Waals surface area (Å²) in [5.41, 5.74) is 1.03. The predicted molar refractivity (Wildman–Crippen MR) is 66.2 cm³/mol. The molecule has 76 valence electrons. The molecule has 0 saturated heterocycles. The van der Waals surface area contributed by atoms with Crippen molar-refractivity contribution in [2.45, 2.75) is 6.42 Å². The fourth-order valence-corrected chi connectivity index (χ4v) is 2.77. The van der Waals surface area contributed by atoms with Gasteiger partial charge in [0.2, 0.25) is 0 Å². The Balaban J connectivity index is 2.26. The number of alkyl halides is 1. The van der Waals surface area contributed by atoms with Gasteiger partial charge in [-0.2, -0.15) is 5.26 Å². The Morgan fingerprint density at radius 1 is 1.47 bits per heavy atom. The molecule has 0 aliphatic rings. The lowest BCUT2D eigenvalue weighted by Gasteiger charge is -1.99. The van der Waals surface area contributed by atoms with Gasteiger partial charge >= 0.3 is 0 Å². The largest absolute Gasteiger partial charge is 0.241 e. The summed E-state index contributed by atoms with van der Waals surface area (Å²) in [6, 6.07) is 10.3. The van der Waals surface area contributed by atoms with E-state index in [4.69, 9.17) is 5.26 Å². The van der Waals surface area contributed by atoms with Gasteiger partial charge in [0.05, 0.1) is 27.2 Å². The SMILES string of the molecule is N#CC(CBr)Cc1nc2ccccc2s1. The lowest BCUT2D eigenvalue weighted by Crippen LogP contribution is -2.02. The molecular formula is C11H9BrN2S. The molecule has 0 amide bonds. The van der Waals surface area contributed by atoms with Crippen molar-refractivity contribution >= 4 is 37.5 Å². The number of hydrogen-bond donors (Lipinski definition) is 0. The molecule has 1 aromatic heterocycles. The summed E-state index contributed by atoms with van der Waals surface area (Å²) >= 11 is 5.00. The van der Waals surface area contributed by atoms with Crippen LogP contribution in [0.1, 0.15) is 5.01 Å². The number of aromatic nitrogens is 1. The zero-order valence-corrected chi connectivity index (χ0v) is 10.4. The molecule has 2 rings (SSSR count). The third kappa shape index (κ3) is 2.36. The standard InChI is InChI=1S/C11H9BrN2S/c12-6-8(7-13)5-11-14-9-3-1-2-4-10(9)15-11/h1-4,8H,5-6H2. The molecule has 2 nitrogen and oxygen atoms in total. The maximum absolute atomic E-state index is 8.86. The molecule has 1 heterocycles. The third-order valence-corrected chi connectivity index (χ3v) is 3.97. The normalized spacial score (nSPS) is 12.5. The predicted octanol–water partition coefficient (Wildman–Crippen LogP) is 3.37. The first-order valence-corrected chi connectivity index (χ1v) is 6.57. The smallest absolute Gasteiger partial charge is 0.0952 e. The number of rotatable bonds is 3. The Morgan fingerprint density at radius 2 is 2.27 bits per heavy atom. The summed E-state index contributed by atoms with van der Waals surface area (Å²) in [5.74, 6) is 0.0190. The molecule has 0 aliphatic heterocycles. The van der Waals surface area contributed by atoms with Gasteiger partial charge in [-0.05, 0) is 12.1 Å². The van der Waals surface area contributed by atoms with Crippen LogP contribution in [0.5, 0.6) is 0 Å². The topological polar surface area (TPSA) is 36.7 Å². The Kier molecular flexibility index (Phi) is 3.34. The van der Waals surface area contributed by atoms with Gasteiger partial charge in [-0.1, -0.05) is 28.1 Å². The van der Waals surface area contributed by atoms with E-state index in [0.29, 0.717) is 5.33 Å². The number of thiazole rings is 1. The number of halogens is 1. The van der Waals surface area contributed by atoms with Crippen molar-refractivity contribution in [2.24, 2.45) is 5.92 Å². The van der Waals surface area contributed by atoms with E-state index >= 15 is 0 Å². The Bertz CT molecular complexity index is 468. The fraction of sp³-hybridized carbons (Fsp3) is 0.273. The molecule has 0 saturated carbocycles. The van der Waals surface area contributed by atoms with E-state index in [1.807, 2.05) is 18.2 Å². The Hall–Kier alpha value is -0.920. The molecule has 4 heteroatoms. The number of nitrogens with zero attached hydrogens (tertiary/aromatic N) is 2. The summed E-state index contributed by atoms with van der Waals surface area (Å²) in [6.45, 7) is 0. The molecule has 1 atom stereocenters. The molecule has 0 radical (unpaired) electrons. The monoisotopic (exact) mass is 280 g/mol. The third-order valence-electron chi connectivity index (χ3n) is 2.13. The second-order valence-electron chi connectivity index (χ2n) is 3.26. The van der Waals surface area contributed by atoms with E-state index < -0.39 is 0 Å². The number of hydrogen-bond acceptors (Lipinski definition) is 3. The second-order valence-corrected chi connectivity index (χ2v) is 5.02. The van der Waals surface area contributed by atoms with Crippen LogP contribution in [0.15, 0.2) is 24.3 Å². The highest BCUT2D eigenvalue weighted by Crippen LogP contribution is 2.23. The number of nitriles is 1. The van der Waals surface area contributed by atoms with Crippen LogP contribution >= 0.6 is 27.3 Å². The van der Waals surface area contributed by atoms with E-state index in [9.17, 15) is 0 Å². The zero-order valence-electron chi connectivity index (χ0n) is 7.98. The Morgan fingerprint density at radius 3 is 2.93 bits per heavy atom. The van der Waals surface area contributed by atoms with Crippen molar-refractivity contribution in [3.63, 3.8) is 0 Å². The number of benzene rings is 1. The van der Waals surface area contributed by atoms with Gasteiger partial charge in [-0.15, -0.1) is 11.3 Å². The molecule has 15 heavy (non-hydrogen) atoms. The zero-order chi connectivity index (χ0) is 10.7. The minimum Gasteiger partial charge on any atom is -0.241 e. The van der Waals surface area contributed by atoms with Crippen LogP contribution in [0.4, 0.5) is 0 Å². The molecule has 0 spiro atoms. The first-order chi connectivity index (χ1) is 7.33. The minimum atomic E-state index is 0.0190. The molecule has 1 aromatic carbocycles. The summed E-state index contributed by atoms with van der Waals surface area (Å²) < 4.78 is 1.19. The van der Waals surface area contributed by atoms with Crippen LogP contribution < -0.4 is 0 Å². The maximum Gasteiger partial charge on any atom is 0.0952 e. The summed E-state index contributed by atoms with van der Waals surface area (Å²) in [7, 11) is 0. The van der Waals surface area contributed by atoms with Crippen LogP contribution in [-0.4, -0.2) is 10.3 Å². The highest BCUT2D eigenvalue weighted by atomic mass is 79.9. The van der Waals surface area contributed by atoms with Crippen LogP contribution in [0.25, 0.3) is 10.2 Å². The van der Waals surface area contributed by atoms with Gasteiger partial charge in [0.1, 0.15) is 0 Å². The van der Waals surface area contributed by atoms with Crippen LogP contribution in [0, 0.1) is 17.2 Å². The molecular weight excluding hydrogens is 272 g/mol. The van der Waals surface area contributed by atoms with Crippen molar-refractivity contribution in [1.82, 2.24) is 4.98 Å². The lowest BCUT2D eigenvalue weighted by atomic mass is 10.1. The fourth-order valence-electron chi connectivity index (χ4n) is 1.35. The van der Waals surface area contributed by atoms with Gasteiger partial charge in [-0.25, -0.2) is 4.98 Å². The van der Waals surface area contributed by atoms with Crippen molar-refractivity contribution < 1.29 is 0 Å². The highest BCUT2D eigenvalue weighted by molar-refractivity contribution is 9.09. The van der Waals surface area contributed by atoms with E-state index in [1.165, 1.54) is 4.70 Å². The van der Waals surface area contributed by atoms with Gasteiger partial charge in [0.25, 0.3) is 0 Å². The van der Waals surface area contributed by atoms with Crippen LogP contribution in [0.3, 0.4) is 0 Å². The molecule has 2 aromatic rings. The van der Waals surface area contributed by atoms with E-state index in [0.717, 1.165) is 16.9 Å². The van der Waals surface area contributed by atoms with Gasteiger partial charge in [-0.3, -0.25) is 0 Å². The first-order valence-electron chi connectivity index (χ1n) is 4.63. The van der Waals surface area contributed by atoms with E-state index in [1.54, 1.807) is 11.3 Å². The number of para-hydroxylation sites is 1. The Labute approximate surface area is 101 Å². The molecule has 0 aliphatic carbocycles. The van der Waals surface area contributed by atoms with E-state index in [-0.39, 0.29) is 5.92 Å². The van der Waals surface area contributed by atoms with E-state index in [2.05, 4.69) is 33.0 Å². The second kappa shape index (κ2) is 4.73. The molecule has 0 N–H and O–H groups in total. The van der Waals surface area contributed by atoms with Crippen molar-refractivity contribution in [3.05, 3.63) is 29.3 Å². The average molecular weight is 281 g/mol. The van der Waals surface area contributed by atoms with Gasteiger partial charge in [0.15, 0.2) is 0 Å². The molecule has 1 unspecified atom stereocenters. The van der Waals surface area contributed by atoms with Gasteiger partial charge < -0.3 is 0 Å². The van der Waals surface area contributed by atoms with Crippen molar-refractivity contribution in [3.8, 4) is 6.07 Å². The minimum absolute atomic E-state index is 0.0190. The highest BCUT2D eigenvalue weighted by Gasteiger charge is 2.10. The summed E-state index contributed by atoms with van der Waals surface area (Å²) in [6.07, 6.45) is 0.737.